The number of aromatic amines is 1. The molecule has 0 saturated carbocycles. The van der Waals surface area contributed by atoms with Crippen LogP contribution in [0.3, 0.4) is 0 Å². The van der Waals surface area contributed by atoms with E-state index in [1.165, 1.54) is 12.4 Å². The van der Waals surface area contributed by atoms with Crippen LogP contribution in [0.5, 0.6) is 0 Å². The molecular weight excluding hydrogens is 1240 g/mol. The van der Waals surface area contributed by atoms with E-state index in [9.17, 15) is 0 Å². The van der Waals surface area contributed by atoms with Crippen molar-refractivity contribution in [3.63, 3.8) is 0 Å². The van der Waals surface area contributed by atoms with Crippen molar-refractivity contribution in [2.45, 2.75) is 27.7 Å². The number of hydrogen-bond donors (Lipinski definition) is 7. The Hall–Kier alpha value is -3.68. The van der Waals surface area contributed by atoms with Crippen LogP contribution in [0.25, 0.3) is 21.9 Å². The summed E-state index contributed by atoms with van der Waals surface area (Å²) in [5.74, 6) is -2.77. The van der Waals surface area contributed by atoms with Crippen molar-refractivity contribution in [2.24, 2.45) is 0 Å². The third-order valence-electron chi connectivity index (χ3n) is 5.93. The van der Waals surface area contributed by atoms with E-state index in [0.29, 0.717) is 41.0 Å². The van der Waals surface area contributed by atoms with E-state index in [0.717, 1.165) is 66.0 Å². The molecule has 4 heterocycles. The summed E-state index contributed by atoms with van der Waals surface area (Å²) in [4.78, 5) is 51.2. The largest absolute Gasteiger partial charge is 0.481 e. The van der Waals surface area contributed by atoms with Gasteiger partial charge in [0.1, 0.15) is 16.6 Å². The Morgan fingerprint density at radius 2 is 0.879 bits per heavy atom. The first-order valence-electron chi connectivity index (χ1n) is 17.1. The van der Waals surface area contributed by atoms with Crippen LogP contribution in [0.15, 0.2) is 104 Å². The number of nitrogen functional groups attached to an aromatic ring is 1. The van der Waals surface area contributed by atoms with Gasteiger partial charge in [-0.2, -0.15) is 0 Å². The van der Waals surface area contributed by atoms with Crippen molar-refractivity contribution in [2.75, 3.05) is 11.1 Å². The van der Waals surface area contributed by atoms with Crippen LogP contribution in [0.1, 0.15) is 27.7 Å². The number of carboxylic acids is 4. The molecular formula is C41H37Cl9N6O8Pd2. The van der Waals surface area contributed by atoms with Gasteiger partial charge in [-0.3, -0.25) is 19.2 Å². The molecule has 25 heteroatoms. The van der Waals surface area contributed by atoms with E-state index in [-0.39, 0.29) is 46.0 Å². The average molecular weight is 1270 g/mol. The molecule has 0 spiro atoms. The van der Waals surface area contributed by atoms with E-state index in [4.69, 9.17) is 150 Å². The Kier molecular flexibility index (Phi) is 36.7. The first kappa shape index (κ1) is 66.6. The second-order valence-corrected chi connectivity index (χ2v) is 15.3. The molecule has 0 radical (unpaired) electrons. The Morgan fingerprint density at radius 1 is 0.500 bits per heavy atom. The second-order valence-electron chi connectivity index (χ2n) is 11.5. The van der Waals surface area contributed by atoms with Gasteiger partial charge in [-0.1, -0.05) is 104 Å². The van der Waals surface area contributed by atoms with Crippen molar-refractivity contribution < 1.29 is 80.4 Å². The van der Waals surface area contributed by atoms with Gasteiger partial charge in [-0.15, -0.1) is 0 Å². The number of anilines is 3. The standard InChI is InChI=1S/C11H7Cl3N2.C11H6Cl2N2.C6H6ClN.C5H2Cl3N.4C2H4O2.2Pd/c12-7-1-3-9(4-2-7)16-11-10(14)5-8(13)6-15-11;12-6-1-2-10-8(3-6)9-4-7(13)5-14-11(9)15-10;7-5-1-3-6(8)4-2-5;6-3-1-4(7)5(8)9-2-3;4*1-2(3)4;;/h1-6H,(H,15,16);1-5H,(H,14,15);1-4H,8H2;1-2H;4*1H3,(H,3,4);;. The summed E-state index contributed by atoms with van der Waals surface area (Å²) in [6.07, 6.45) is 4.60. The number of aromatic nitrogens is 4. The molecule has 14 nitrogen and oxygen atoms in total. The van der Waals surface area contributed by atoms with Crippen molar-refractivity contribution in [1.82, 2.24) is 19.9 Å². The number of benzene rings is 3. The van der Waals surface area contributed by atoms with Crippen LogP contribution in [0, 0.1) is 0 Å². The number of fused-ring (bicyclic) bond motifs is 3. The normalized spacial score (nSPS) is 8.98. The van der Waals surface area contributed by atoms with Gasteiger partial charge in [0.15, 0.2) is 0 Å². The van der Waals surface area contributed by atoms with Crippen LogP contribution in [0.4, 0.5) is 17.2 Å². The van der Waals surface area contributed by atoms with E-state index in [1.54, 1.807) is 54.7 Å². The molecule has 362 valence electrons. The van der Waals surface area contributed by atoms with E-state index >= 15 is 0 Å². The van der Waals surface area contributed by atoms with Gasteiger partial charge in [0, 0.05) is 130 Å². The maximum atomic E-state index is 9.00. The van der Waals surface area contributed by atoms with Crippen molar-refractivity contribution in [1.29, 1.82) is 0 Å². The molecule has 7 rings (SSSR count). The second kappa shape index (κ2) is 36.4. The summed E-state index contributed by atoms with van der Waals surface area (Å²) in [5.41, 5.74) is 8.82. The zero-order valence-electron chi connectivity index (χ0n) is 34.2. The quantitative estimate of drug-likeness (QED) is 0.0485. The van der Waals surface area contributed by atoms with Gasteiger partial charge < -0.3 is 36.5 Å². The molecule has 0 bridgehead atoms. The monoisotopic (exact) mass is 1270 g/mol. The molecule has 0 saturated heterocycles. The number of hydrogen-bond acceptors (Lipinski definition) is 9. The molecule has 0 aliphatic carbocycles. The fraction of sp³-hybridized carbons (Fsp3) is 0.0976. The summed E-state index contributed by atoms with van der Waals surface area (Å²) in [5, 5.41) is 39.7. The van der Waals surface area contributed by atoms with Gasteiger partial charge in [0.25, 0.3) is 23.9 Å². The molecule has 0 unspecified atom stereocenters. The molecule has 0 amide bonds. The number of nitrogens with one attached hydrogen (secondary N) is 2. The van der Waals surface area contributed by atoms with Gasteiger partial charge in [-0.05, 0) is 84.9 Å². The molecule has 4 aromatic heterocycles. The number of halogens is 9. The summed E-state index contributed by atoms with van der Waals surface area (Å²) >= 11 is 51.4. The van der Waals surface area contributed by atoms with Crippen LogP contribution in [0.2, 0.25) is 45.3 Å². The maximum Gasteiger partial charge on any atom is 0.300 e. The number of rotatable bonds is 2. The summed E-state index contributed by atoms with van der Waals surface area (Å²) < 4.78 is 0. The van der Waals surface area contributed by atoms with Crippen LogP contribution in [-0.2, 0) is 60.0 Å². The Bertz CT molecular complexity index is 2440. The predicted molar refractivity (Wildman–Crippen MR) is 261 cm³/mol. The fourth-order valence-corrected chi connectivity index (χ4v) is 5.25. The van der Waals surface area contributed by atoms with Crippen molar-refractivity contribution >= 4 is 167 Å². The molecule has 0 aliphatic heterocycles. The number of pyridine rings is 3. The third kappa shape index (κ3) is 32.9. The first-order valence-corrected chi connectivity index (χ1v) is 20.5. The minimum atomic E-state index is -0.833. The number of carbonyl (C=O) groups is 4. The maximum absolute atomic E-state index is 9.00. The number of aliphatic carboxylic acids is 4. The number of carboxylic acid groups (broad SMARTS) is 4. The first-order chi connectivity index (χ1) is 29.8. The Balaban J connectivity index is -0.000000733. The van der Waals surface area contributed by atoms with Gasteiger partial charge in [-0.25, -0.2) is 15.0 Å². The molecule has 66 heavy (non-hydrogen) atoms. The van der Waals surface area contributed by atoms with E-state index in [1.807, 2.05) is 36.4 Å². The van der Waals surface area contributed by atoms with Gasteiger partial charge >= 0.3 is 0 Å². The van der Waals surface area contributed by atoms with E-state index in [2.05, 4.69) is 25.3 Å². The van der Waals surface area contributed by atoms with Crippen LogP contribution < -0.4 is 11.1 Å². The minimum absolute atomic E-state index is 0. The summed E-state index contributed by atoms with van der Waals surface area (Å²) in [6.45, 7) is 4.33. The van der Waals surface area contributed by atoms with E-state index < -0.39 is 23.9 Å². The average Bonchev–Trinajstić information content (AvgIpc) is 3.53. The van der Waals surface area contributed by atoms with Gasteiger partial charge in [0.2, 0.25) is 0 Å². The predicted octanol–water partition coefficient (Wildman–Crippen LogP) is 14.1. The van der Waals surface area contributed by atoms with Crippen molar-refractivity contribution in [3.05, 3.63) is 149 Å². The smallest absolute Gasteiger partial charge is 0.300 e. The molecule has 3 aromatic carbocycles. The van der Waals surface area contributed by atoms with Crippen LogP contribution in [-0.4, -0.2) is 64.2 Å². The molecule has 0 aliphatic rings. The van der Waals surface area contributed by atoms with Gasteiger partial charge in [0.05, 0.1) is 25.1 Å². The number of nitrogens with two attached hydrogens (primary N) is 1. The molecule has 8 N–H and O–H groups in total. The molecule has 7 aromatic rings. The zero-order chi connectivity index (χ0) is 49.1. The number of H-pyrrole nitrogens is 1. The Morgan fingerprint density at radius 3 is 1.30 bits per heavy atom. The summed E-state index contributed by atoms with van der Waals surface area (Å²) in [7, 11) is 0. The van der Waals surface area contributed by atoms with Crippen molar-refractivity contribution in [3.8, 4) is 0 Å². The topological polar surface area (TPSA) is 242 Å². The van der Waals surface area contributed by atoms with Crippen LogP contribution >= 0.6 is 104 Å². The summed E-state index contributed by atoms with van der Waals surface area (Å²) in [6, 6.07) is 25.1. The SMILES string of the molecule is CC(=O)O.CC(=O)O.CC(=O)O.CC(=O)O.Clc1ccc(Nc2ncc(Cl)cc2Cl)cc1.Clc1ccc2[nH]c3ncc(Cl)cc3c2c1.Clc1cnc(Cl)c(Cl)c1.Nc1ccc(Cl)cc1.[Pd].[Pd]. The Labute approximate surface area is 451 Å². The molecule has 0 fully saturated rings. The fourth-order valence-electron chi connectivity index (χ4n) is 3.76. The third-order valence-corrected chi connectivity index (χ3v) is 8.26. The number of nitrogens with zero attached hydrogens (tertiary/aromatic N) is 3. The zero-order valence-corrected chi connectivity index (χ0v) is 44.1. The molecule has 0 atom stereocenters. The minimum Gasteiger partial charge on any atom is -0.481 e.